The van der Waals surface area contributed by atoms with E-state index < -0.39 is 0 Å². The van der Waals surface area contributed by atoms with Crippen LogP contribution in [0.2, 0.25) is 0 Å². The smallest absolute Gasteiger partial charge is 0.258 e. The number of hydrogen-bond acceptors (Lipinski definition) is 2. The van der Waals surface area contributed by atoms with Gasteiger partial charge in [0.2, 0.25) is 0 Å². The monoisotopic (exact) mass is 374 g/mol. The zero-order valence-corrected chi connectivity index (χ0v) is 14.1. The van der Waals surface area contributed by atoms with Gasteiger partial charge in [0.25, 0.3) is 5.56 Å². The van der Waals surface area contributed by atoms with Crippen molar-refractivity contribution in [1.29, 1.82) is 0 Å². The van der Waals surface area contributed by atoms with Crippen LogP contribution >= 0.6 is 27.5 Å². The fourth-order valence-electron chi connectivity index (χ4n) is 2.25. The molecule has 0 aliphatic rings. The lowest BCUT2D eigenvalue weighted by Crippen LogP contribution is -2.16. The van der Waals surface area contributed by atoms with Crippen molar-refractivity contribution in [2.24, 2.45) is 0 Å². The first-order chi connectivity index (χ1) is 10.5. The van der Waals surface area contributed by atoms with E-state index in [1.165, 1.54) is 6.07 Å². The number of rotatable bonds is 2. The molecule has 110 valence electrons. The summed E-state index contributed by atoms with van der Waals surface area (Å²) in [5, 5.41) is 0.430. The topological polar surface area (TPSA) is 34.4 Å². The fraction of sp³-hybridized carbons (Fsp3) is 0.0588. The van der Waals surface area contributed by atoms with Gasteiger partial charge < -0.3 is 0 Å². The summed E-state index contributed by atoms with van der Waals surface area (Å²) in [5.41, 5.74) is 2.69. The number of hydrogen-bond donors (Lipinski definition) is 0. The van der Waals surface area contributed by atoms with Crippen molar-refractivity contribution in [2.45, 2.75) is 6.92 Å². The molecule has 0 amide bonds. The Balaban J connectivity index is 2.12. The summed E-state index contributed by atoms with van der Waals surface area (Å²) in [6.07, 6.45) is 1.79. The summed E-state index contributed by atoms with van der Waals surface area (Å²) in [7, 11) is 0. The molecule has 0 atom stereocenters. The van der Waals surface area contributed by atoms with Crippen LogP contribution in [-0.4, -0.2) is 9.38 Å². The molecule has 0 saturated heterocycles. The van der Waals surface area contributed by atoms with Gasteiger partial charge in [-0.3, -0.25) is 9.20 Å². The molecule has 2 heterocycles. The van der Waals surface area contributed by atoms with Crippen LogP contribution in [0.25, 0.3) is 16.8 Å². The van der Waals surface area contributed by atoms with Crippen molar-refractivity contribution < 1.29 is 0 Å². The number of aryl methyl sites for hydroxylation is 1. The standard InChI is InChI=1S/C17H12BrClN2O/c1-11-4-2-7-16-20-15(10-17(22)21(11)16)14(19)9-12-5-3-6-13(18)8-12/h2-10H,1H3/b14-9-. The molecule has 22 heavy (non-hydrogen) atoms. The Morgan fingerprint density at radius 1 is 1.23 bits per heavy atom. The summed E-state index contributed by atoms with van der Waals surface area (Å²) in [4.78, 5) is 16.7. The number of fused-ring (bicyclic) bond motifs is 1. The predicted octanol–water partition coefficient (Wildman–Crippen LogP) is 4.50. The van der Waals surface area contributed by atoms with Crippen molar-refractivity contribution in [1.82, 2.24) is 9.38 Å². The third-order valence-corrected chi connectivity index (χ3v) is 4.06. The van der Waals surface area contributed by atoms with Crippen molar-refractivity contribution >= 4 is 44.3 Å². The van der Waals surface area contributed by atoms with Gasteiger partial charge in [-0.25, -0.2) is 4.98 Å². The minimum Gasteiger partial charge on any atom is -0.269 e. The molecule has 0 aliphatic carbocycles. The van der Waals surface area contributed by atoms with E-state index >= 15 is 0 Å². The Morgan fingerprint density at radius 2 is 2.00 bits per heavy atom. The molecule has 3 aromatic rings. The summed E-state index contributed by atoms with van der Waals surface area (Å²) in [6, 6.07) is 14.7. The van der Waals surface area contributed by atoms with Gasteiger partial charge in [-0.05, 0) is 42.8 Å². The number of halogens is 2. The maximum atomic E-state index is 12.3. The first-order valence-electron chi connectivity index (χ1n) is 6.67. The molecule has 0 saturated carbocycles. The molecule has 3 nitrogen and oxygen atoms in total. The van der Waals surface area contributed by atoms with E-state index in [9.17, 15) is 4.79 Å². The second-order valence-corrected chi connectivity index (χ2v) is 6.21. The Morgan fingerprint density at radius 3 is 2.77 bits per heavy atom. The van der Waals surface area contributed by atoms with Crippen LogP contribution in [0.5, 0.6) is 0 Å². The van der Waals surface area contributed by atoms with Crippen LogP contribution in [0.3, 0.4) is 0 Å². The lowest BCUT2D eigenvalue weighted by atomic mass is 10.2. The van der Waals surface area contributed by atoms with E-state index in [0.29, 0.717) is 16.4 Å². The molecule has 3 rings (SSSR count). The van der Waals surface area contributed by atoms with Crippen LogP contribution in [0.15, 0.2) is 57.8 Å². The molecule has 2 aromatic heterocycles. The van der Waals surface area contributed by atoms with Gasteiger partial charge in [-0.15, -0.1) is 0 Å². The maximum Gasteiger partial charge on any atom is 0.258 e. The van der Waals surface area contributed by atoms with Crippen LogP contribution in [0, 0.1) is 6.92 Å². The van der Waals surface area contributed by atoms with Gasteiger partial charge in [0.05, 0.1) is 10.7 Å². The summed E-state index contributed by atoms with van der Waals surface area (Å²) in [5.74, 6) is 0. The SMILES string of the molecule is Cc1cccc2nc(/C(Cl)=C/c3cccc(Br)c3)cc(=O)n12. The van der Waals surface area contributed by atoms with Crippen LogP contribution in [-0.2, 0) is 0 Å². The highest BCUT2D eigenvalue weighted by molar-refractivity contribution is 9.10. The molecular formula is C17H12BrClN2O. The van der Waals surface area contributed by atoms with E-state index in [1.54, 1.807) is 16.5 Å². The van der Waals surface area contributed by atoms with Gasteiger partial charge in [0, 0.05) is 16.2 Å². The van der Waals surface area contributed by atoms with Crippen LogP contribution in [0.4, 0.5) is 0 Å². The molecule has 0 aliphatic heterocycles. The van der Waals surface area contributed by atoms with E-state index in [-0.39, 0.29) is 5.56 Å². The number of benzene rings is 1. The number of nitrogens with zero attached hydrogens (tertiary/aromatic N) is 2. The molecule has 0 bridgehead atoms. The normalized spacial score (nSPS) is 11.9. The van der Waals surface area contributed by atoms with Crippen molar-refractivity contribution in [2.75, 3.05) is 0 Å². The highest BCUT2D eigenvalue weighted by Gasteiger charge is 2.07. The summed E-state index contributed by atoms with van der Waals surface area (Å²) in [6.45, 7) is 1.87. The van der Waals surface area contributed by atoms with Crippen molar-refractivity contribution in [3.8, 4) is 0 Å². The third-order valence-electron chi connectivity index (χ3n) is 3.27. The maximum absolute atomic E-state index is 12.3. The predicted molar refractivity (Wildman–Crippen MR) is 94.1 cm³/mol. The van der Waals surface area contributed by atoms with Gasteiger partial charge in [-0.2, -0.15) is 0 Å². The average Bonchev–Trinajstić information content (AvgIpc) is 2.47. The van der Waals surface area contributed by atoms with Crippen LogP contribution in [0.1, 0.15) is 17.0 Å². The van der Waals surface area contributed by atoms with E-state index in [4.69, 9.17) is 11.6 Å². The van der Waals surface area contributed by atoms with Crippen molar-refractivity contribution in [3.63, 3.8) is 0 Å². The van der Waals surface area contributed by atoms with Gasteiger partial charge in [-0.1, -0.05) is 45.7 Å². The van der Waals surface area contributed by atoms with Crippen molar-refractivity contribution in [3.05, 3.63) is 80.3 Å². The number of pyridine rings is 1. The largest absolute Gasteiger partial charge is 0.269 e. The Kier molecular flexibility index (Phi) is 4.14. The Hall–Kier alpha value is -1.91. The van der Waals surface area contributed by atoms with E-state index in [0.717, 1.165) is 15.7 Å². The lowest BCUT2D eigenvalue weighted by molar-refractivity contribution is 0.986. The Labute approximate surface area is 141 Å². The molecule has 0 N–H and O–H groups in total. The molecular weight excluding hydrogens is 364 g/mol. The molecule has 0 spiro atoms. The third kappa shape index (κ3) is 2.98. The molecule has 0 radical (unpaired) electrons. The van der Waals surface area contributed by atoms with Gasteiger partial charge in [0.15, 0.2) is 0 Å². The van der Waals surface area contributed by atoms with E-state index in [1.807, 2.05) is 43.3 Å². The average molecular weight is 376 g/mol. The zero-order valence-electron chi connectivity index (χ0n) is 11.8. The molecule has 5 heteroatoms. The summed E-state index contributed by atoms with van der Waals surface area (Å²) < 4.78 is 2.53. The zero-order chi connectivity index (χ0) is 15.7. The lowest BCUT2D eigenvalue weighted by Gasteiger charge is -2.06. The first-order valence-corrected chi connectivity index (χ1v) is 7.84. The fourth-order valence-corrected chi connectivity index (χ4v) is 2.89. The molecule has 0 unspecified atom stereocenters. The van der Waals surface area contributed by atoms with Crippen LogP contribution < -0.4 is 5.56 Å². The van der Waals surface area contributed by atoms with E-state index in [2.05, 4.69) is 20.9 Å². The molecule has 0 fully saturated rings. The number of aromatic nitrogens is 2. The second kappa shape index (κ2) is 6.07. The highest BCUT2D eigenvalue weighted by Crippen LogP contribution is 2.22. The summed E-state index contributed by atoms with van der Waals surface area (Å²) >= 11 is 9.76. The first kappa shape index (κ1) is 15.0. The highest BCUT2D eigenvalue weighted by atomic mass is 79.9. The quantitative estimate of drug-likeness (QED) is 0.661. The Bertz CT molecular complexity index is 947. The second-order valence-electron chi connectivity index (χ2n) is 4.89. The molecule has 1 aromatic carbocycles. The van der Waals surface area contributed by atoms with Gasteiger partial charge in [0.1, 0.15) is 5.65 Å². The van der Waals surface area contributed by atoms with Gasteiger partial charge >= 0.3 is 0 Å². The minimum atomic E-state index is -0.140. The minimum absolute atomic E-state index is 0.140.